The van der Waals surface area contributed by atoms with Crippen LogP contribution in [0.4, 0.5) is 0 Å². The number of aromatic nitrogens is 3. The third-order valence-corrected chi connectivity index (χ3v) is 8.29. The van der Waals surface area contributed by atoms with E-state index < -0.39 is 35.6 Å². The number of fused-ring (bicyclic) bond motifs is 2. The molecule has 0 saturated carbocycles. The molecule has 0 aliphatic carbocycles. The molecule has 39 heavy (non-hydrogen) atoms. The third kappa shape index (κ3) is 4.71. The predicted molar refractivity (Wildman–Crippen MR) is 141 cm³/mol. The topological polar surface area (TPSA) is 127 Å². The average Bonchev–Trinajstić information content (AvgIpc) is 3.68. The maximum Gasteiger partial charge on any atom is 0.312 e. The molecule has 210 valence electrons. The number of aliphatic hydroxyl groups is 1. The Hall–Kier alpha value is -3.31. The summed E-state index contributed by atoms with van der Waals surface area (Å²) in [4.78, 5) is 44.6. The van der Waals surface area contributed by atoms with Crippen LogP contribution in [0.5, 0.6) is 0 Å². The molecule has 4 heterocycles. The highest BCUT2D eigenvalue weighted by Gasteiger charge is 2.75. The molecular weight excluding hydrogens is 502 g/mol. The van der Waals surface area contributed by atoms with Gasteiger partial charge in [0, 0.05) is 19.7 Å². The summed E-state index contributed by atoms with van der Waals surface area (Å²) in [6.07, 6.45) is 5.35. The molecule has 2 bridgehead atoms. The number of ether oxygens (including phenoxy) is 2. The maximum absolute atomic E-state index is 14.4. The van der Waals surface area contributed by atoms with Crippen molar-refractivity contribution in [3.63, 3.8) is 0 Å². The van der Waals surface area contributed by atoms with Gasteiger partial charge in [-0.15, -0.1) is 11.7 Å². The van der Waals surface area contributed by atoms with E-state index in [1.807, 2.05) is 24.3 Å². The van der Waals surface area contributed by atoms with E-state index in [4.69, 9.17) is 14.6 Å². The van der Waals surface area contributed by atoms with Gasteiger partial charge in [0.1, 0.15) is 23.8 Å². The summed E-state index contributed by atoms with van der Waals surface area (Å²) >= 11 is 0. The van der Waals surface area contributed by atoms with E-state index in [0.717, 1.165) is 23.9 Å². The molecule has 1 spiro atoms. The van der Waals surface area contributed by atoms with Crippen molar-refractivity contribution >= 4 is 28.8 Å². The zero-order valence-electron chi connectivity index (χ0n) is 22.4. The second-order valence-electron chi connectivity index (χ2n) is 10.5. The van der Waals surface area contributed by atoms with Gasteiger partial charge in [0.15, 0.2) is 0 Å². The van der Waals surface area contributed by atoms with Crippen LogP contribution in [-0.4, -0.2) is 91.7 Å². The zero-order valence-corrected chi connectivity index (χ0v) is 22.4. The number of esters is 1. The van der Waals surface area contributed by atoms with Crippen molar-refractivity contribution < 1.29 is 29.0 Å². The van der Waals surface area contributed by atoms with E-state index >= 15 is 0 Å². The van der Waals surface area contributed by atoms with Gasteiger partial charge < -0.3 is 24.4 Å². The van der Waals surface area contributed by atoms with Crippen molar-refractivity contribution in [2.24, 2.45) is 11.8 Å². The number of benzene rings is 1. The summed E-state index contributed by atoms with van der Waals surface area (Å²) in [5.41, 5.74) is 0.433. The van der Waals surface area contributed by atoms with Gasteiger partial charge in [0.25, 0.3) is 0 Å². The Morgan fingerprint density at radius 1 is 1.28 bits per heavy atom. The number of unbranched alkanes of at least 4 members (excludes halogenated alkanes) is 3. The second kappa shape index (κ2) is 11.4. The lowest BCUT2D eigenvalue weighted by Crippen LogP contribution is -2.56. The third-order valence-electron chi connectivity index (χ3n) is 8.29. The molecule has 3 aliphatic rings. The first-order valence-corrected chi connectivity index (χ1v) is 13.9. The lowest BCUT2D eigenvalue weighted by atomic mass is 9.70. The summed E-state index contributed by atoms with van der Waals surface area (Å²) in [7, 11) is 0. The van der Waals surface area contributed by atoms with Crippen LogP contribution < -0.4 is 0 Å². The van der Waals surface area contributed by atoms with Crippen LogP contribution >= 0.6 is 0 Å². The van der Waals surface area contributed by atoms with Crippen molar-refractivity contribution in [2.45, 2.75) is 69.9 Å². The van der Waals surface area contributed by atoms with E-state index in [9.17, 15) is 14.4 Å². The Bertz CT molecular complexity index is 1230. The van der Waals surface area contributed by atoms with Crippen LogP contribution in [0.3, 0.4) is 0 Å². The summed E-state index contributed by atoms with van der Waals surface area (Å²) < 4.78 is 13.5. The molecule has 1 aromatic heterocycles. The quantitative estimate of drug-likeness (QED) is 0.232. The largest absolute Gasteiger partial charge is 0.466 e. The van der Waals surface area contributed by atoms with Gasteiger partial charge in [0.2, 0.25) is 11.8 Å². The standard InChI is InChI=1S/C28H37N5O6/c1-3-15-31(18-33-20-12-8-7-11-19(20)29-30-33)26(36)24-28-14-13-21(39-28)22(27(37)38-4-2)23(28)25(35)32(24)16-9-5-6-10-17-34/h3,7-8,11-12,21-24,34H,1,4-6,9-10,13-18H2,2H3/t21-,22+,23+,24?,28?/m1/s1. The molecule has 3 saturated heterocycles. The predicted octanol–water partition coefficient (Wildman–Crippen LogP) is 1.89. The number of nitrogens with zero attached hydrogens (tertiary/aromatic N) is 5. The number of aliphatic hydroxyl groups excluding tert-OH is 1. The number of likely N-dealkylation sites (tertiary alicyclic amines) is 1. The Morgan fingerprint density at radius 3 is 2.85 bits per heavy atom. The normalized spacial score (nSPS) is 27.2. The average molecular weight is 540 g/mol. The molecule has 2 amide bonds. The SMILES string of the molecule is C=CCN(Cn1nnc2ccccc21)C(=O)C1N(CCCCCCO)C(=O)[C@@H]2[C@@H](C(=O)OCC)[C@H]3CCC12O3. The number of hydrogen-bond acceptors (Lipinski definition) is 8. The van der Waals surface area contributed by atoms with Crippen LogP contribution in [0, 0.1) is 11.8 Å². The summed E-state index contributed by atoms with van der Waals surface area (Å²) in [6.45, 7) is 6.67. The highest BCUT2D eigenvalue weighted by atomic mass is 16.6. The van der Waals surface area contributed by atoms with Crippen LogP contribution in [0.1, 0.15) is 45.4 Å². The molecule has 1 N–H and O–H groups in total. The van der Waals surface area contributed by atoms with Crippen molar-refractivity contribution in [1.82, 2.24) is 24.8 Å². The Balaban J connectivity index is 1.46. The zero-order chi connectivity index (χ0) is 27.6. The Morgan fingerprint density at radius 2 is 2.08 bits per heavy atom. The van der Waals surface area contributed by atoms with E-state index in [2.05, 4.69) is 16.9 Å². The van der Waals surface area contributed by atoms with Crippen LogP contribution in [-0.2, 0) is 30.5 Å². The molecule has 0 radical (unpaired) electrons. The minimum Gasteiger partial charge on any atom is -0.466 e. The molecule has 2 unspecified atom stereocenters. The van der Waals surface area contributed by atoms with Gasteiger partial charge >= 0.3 is 5.97 Å². The maximum atomic E-state index is 14.4. The number of hydrogen-bond donors (Lipinski definition) is 1. The van der Waals surface area contributed by atoms with Crippen LogP contribution in [0.25, 0.3) is 11.0 Å². The van der Waals surface area contributed by atoms with E-state index in [-0.39, 0.29) is 38.2 Å². The van der Waals surface area contributed by atoms with Crippen molar-refractivity contribution in [2.75, 3.05) is 26.3 Å². The van der Waals surface area contributed by atoms with Gasteiger partial charge in [-0.1, -0.05) is 36.3 Å². The number of carbonyl (C=O) groups is 3. The lowest BCUT2D eigenvalue weighted by molar-refractivity contribution is -0.155. The molecular formula is C28H37N5O6. The molecule has 5 rings (SSSR count). The Labute approximate surface area is 227 Å². The van der Waals surface area contributed by atoms with Gasteiger partial charge in [0.05, 0.1) is 30.1 Å². The van der Waals surface area contributed by atoms with Gasteiger partial charge in [-0.05, 0) is 44.7 Å². The molecule has 3 fully saturated rings. The summed E-state index contributed by atoms with van der Waals surface area (Å²) in [5.74, 6) is -2.38. The molecule has 1 aromatic carbocycles. The molecule has 11 heteroatoms. The highest BCUT2D eigenvalue weighted by Crippen LogP contribution is 2.58. The van der Waals surface area contributed by atoms with Gasteiger partial charge in [-0.2, -0.15) is 0 Å². The summed E-state index contributed by atoms with van der Waals surface area (Å²) in [6, 6.07) is 6.65. The van der Waals surface area contributed by atoms with Gasteiger partial charge in [-0.3, -0.25) is 14.4 Å². The number of rotatable bonds is 13. The van der Waals surface area contributed by atoms with Crippen LogP contribution in [0.2, 0.25) is 0 Å². The molecule has 3 aliphatic heterocycles. The first kappa shape index (κ1) is 27.3. The Kier molecular flexibility index (Phi) is 7.99. The minimum absolute atomic E-state index is 0.124. The van der Waals surface area contributed by atoms with Gasteiger partial charge in [-0.25, -0.2) is 4.68 Å². The molecule has 11 nitrogen and oxygen atoms in total. The minimum atomic E-state index is -1.08. The number of amides is 2. The number of carbonyl (C=O) groups excluding carboxylic acids is 3. The van der Waals surface area contributed by atoms with Crippen molar-refractivity contribution in [3.05, 3.63) is 36.9 Å². The smallest absolute Gasteiger partial charge is 0.312 e. The van der Waals surface area contributed by atoms with E-state index in [1.54, 1.807) is 27.5 Å². The van der Waals surface area contributed by atoms with E-state index in [1.165, 1.54) is 0 Å². The number of para-hydroxylation sites is 1. The lowest BCUT2D eigenvalue weighted by Gasteiger charge is -2.36. The fourth-order valence-corrected chi connectivity index (χ4v) is 6.66. The van der Waals surface area contributed by atoms with Crippen LogP contribution in [0.15, 0.2) is 36.9 Å². The second-order valence-corrected chi connectivity index (χ2v) is 10.5. The monoisotopic (exact) mass is 539 g/mol. The molecule has 2 aromatic rings. The molecule has 5 atom stereocenters. The highest BCUT2D eigenvalue weighted by molar-refractivity contribution is 5.98. The fraction of sp³-hybridized carbons (Fsp3) is 0.607. The van der Waals surface area contributed by atoms with Crippen molar-refractivity contribution in [1.29, 1.82) is 0 Å². The summed E-state index contributed by atoms with van der Waals surface area (Å²) in [5, 5.41) is 17.6. The first-order valence-electron chi connectivity index (χ1n) is 13.9. The first-order chi connectivity index (χ1) is 19.0. The van der Waals surface area contributed by atoms with E-state index in [0.29, 0.717) is 32.2 Å². The fourth-order valence-electron chi connectivity index (χ4n) is 6.66. The van der Waals surface area contributed by atoms with Crippen molar-refractivity contribution in [3.8, 4) is 0 Å².